The van der Waals surface area contributed by atoms with Crippen LogP contribution in [0.25, 0.3) is 21.5 Å². The Kier molecular flexibility index (Phi) is 4.22. The SMILES string of the molecule is CCC(=O)c1cc2c(Cl)cc(Cl)cc2c2cc(C(F)(F)F)ccc12. The second-order valence-corrected chi connectivity index (χ2v) is 6.29. The van der Waals surface area contributed by atoms with Gasteiger partial charge in [0, 0.05) is 27.4 Å². The number of ketones is 1. The Hall–Kier alpha value is -1.78. The number of Topliss-reactive ketones (excluding diaryl/α,β-unsaturated/α-hetero) is 1. The third kappa shape index (κ3) is 2.85. The molecule has 124 valence electrons. The highest BCUT2D eigenvalue weighted by Gasteiger charge is 2.31. The van der Waals surface area contributed by atoms with Crippen LogP contribution in [0.5, 0.6) is 0 Å². The monoisotopic (exact) mass is 370 g/mol. The number of benzene rings is 3. The van der Waals surface area contributed by atoms with E-state index in [9.17, 15) is 18.0 Å². The van der Waals surface area contributed by atoms with Crippen molar-refractivity contribution in [3.63, 3.8) is 0 Å². The summed E-state index contributed by atoms with van der Waals surface area (Å²) in [7, 11) is 0. The molecule has 24 heavy (non-hydrogen) atoms. The quantitative estimate of drug-likeness (QED) is 0.353. The first-order chi connectivity index (χ1) is 11.2. The Morgan fingerprint density at radius 2 is 1.62 bits per heavy atom. The van der Waals surface area contributed by atoms with Crippen LogP contribution in [0.15, 0.2) is 36.4 Å². The smallest absolute Gasteiger partial charge is 0.294 e. The van der Waals surface area contributed by atoms with Gasteiger partial charge in [-0.3, -0.25) is 4.79 Å². The number of fused-ring (bicyclic) bond motifs is 3. The summed E-state index contributed by atoms with van der Waals surface area (Å²) in [5, 5.41) is 2.37. The fraction of sp³-hybridized carbons (Fsp3) is 0.167. The zero-order chi connectivity index (χ0) is 17.6. The van der Waals surface area contributed by atoms with Crippen LogP contribution in [-0.4, -0.2) is 5.78 Å². The van der Waals surface area contributed by atoms with Crippen LogP contribution in [0.1, 0.15) is 29.3 Å². The molecule has 0 heterocycles. The maximum Gasteiger partial charge on any atom is 0.416 e. The molecular formula is C18H11Cl2F3O. The molecule has 0 fully saturated rings. The predicted molar refractivity (Wildman–Crippen MR) is 91.1 cm³/mol. The van der Waals surface area contributed by atoms with Crippen LogP contribution >= 0.6 is 23.2 Å². The zero-order valence-electron chi connectivity index (χ0n) is 12.5. The van der Waals surface area contributed by atoms with Crippen LogP contribution in [0.4, 0.5) is 13.2 Å². The fourth-order valence-electron chi connectivity index (χ4n) is 2.78. The normalized spacial score (nSPS) is 12.1. The molecule has 0 aliphatic heterocycles. The second-order valence-electron chi connectivity index (χ2n) is 5.44. The number of alkyl halides is 3. The summed E-state index contributed by atoms with van der Waals surface area (Å²) in [4.78, 5) is 12.2. The van der Waals surface area contributed by atoms with E-state index in [1.807, 2.05) is 0 Å². The first kappa shape index (κ1) is 17.1. The molecule has 0 radical (unpaired) electrons. The van der Waals surface area contributed by atoms with Crippen molar-refractivity contribution in [2.24, 2.45) is 0 Å². The average Bonchev–Trinajstić information content (AvgIpc) is 2.52. The Balaban J connectivity index is 2.52. The minimum atomic E-state index is -4.48. The largest absolute Gasteiger partial charge is 0.416 e. The third-order valence-corrected chi connectivity index (χ3v) is 4.46. The molecule has 0 spiro atoms. The lowest BCUT2D eigenvalue weighted by atomic mass is 9.93. The molecule has 0 saturated carbocycles. The van der Waals surface area contributed by atoms with Gasteiger partial charge in [0.15, 0.2) is 5.78 Å². The first-order valence-corrected chi connectivity index (χ1v) is 7.94. The van der Waals surface area contributed by atoms with Gasteiger partial charge in [-0.15, -0.1) is 0 Å². The molecule has 0 unspecified atom stereocenters. The molecule has 3 rings (SSSR count). The molecule has 0 bridgehead atoms. The van der Waals surface area contributed by atoms with Crippen molar-refractivity contribution in [2.75, 3.05) is 0 Å². The molecule has 0 saturated heterocycles. The molecule has 3 aromatic rings. The van der Waals surface area contributed by atoms with E-state index in [0.29, 0.717) is 37.2 Å². The lowest BCUT2D eigenvalue weighted by Gasteiger charge is -2.14. The summed E-state index contributed by atoms with van der Waals surface area (Å²) >= 11 is 12.2. The number of hydrogen-bond acceptors (Lipinski definition) is 1. The number of hydrogen-bond donors (Lipinski definition) is 0. The standard InChI is InChI=1S/C18H11Cl2F3O/c1-2-17(24)15-8-14-13(6-10(19)7-16(14)20)12-5-9(18(21,22)23)3-4-11(12)15/h3-8H,2H2,1H3. The third-order valence-electron chi connectivity index (χ3n) is 3.93. The summed E-state index contributed by atoms with van der Waals surface area (Å²) in [6.07, 6.45) is -4.24. The van der Waals surface area contributed by atoms with Gasteiger partial charge in [-0.1, -0.05) is 36.2 Å². The second kappa shape index (κ2) is 5.94. The average molecular weight is 371 g/mol. The van der Waals surface area contributed by atoms with Gasteiger partial charge in [0.05, 0.1) is 5.56 Å². The minimum absolute atomic E-state index is 0.160. The van der Waals surface area contributed by atoms with Gasteiger partial charge in [0.25, 0.3) is 0 Å². The molecule has 3 aromatic carbocycles. The summed E-state index contributed by atoms with van der Waals surface area (Å²) in [6, 6.07) is 8.03. The molecular weight excluding hydrogens is 360 g/mol. The zero-order valence-corrected chi connectivity index (χ0v) is 14.0. The van der Waals surface area contributed by atoms with Crippen molar-refractivity contribution in [3.8, 4) is 0 Å². The van der Waals surface area contributed by atoms with E-state index >= 15 is 0 Å². The molecule has 0 aliphatic carbocycles. The van der Waals surface area contributed by atoms with E-state index in [4.69, 9.17) is 23.2 Å². The van der Waals surface area contributed by atoms with Crippen molar-refractivity contribution in [2.45, 2.75) is 19.5 Å². The van der Waals surface area contributed by atoms with E-state index in [2.05, 4.69) is 0 Å². The molecule has 1 nitrogen and oxygen atoms in total. The van der Waals surface area contributed by atoms with E-state index in [1.54, 1.807) is 19.1 Å². The molecule has 0 N–H and O–H groups in total. The Labute approximate surface area is 146 Å². The van der Waals surface area contributed by atoms with Crippen LogP contribution in [-0.2, 0) is 6.18 Å². The van der Waals surface area contributed by atoms with Gasteiger partial charge in [0.2, 0.25) is 0 Å². The van der Waals surface area contributed by atoms with Gasteiger partial charge in [0.1, 0.15) is 0 Å². The van der Waals surface area contributed by atoms with Gasteiger partial charge < -0.3 is 0 Å². The van der Waals surface area contributed by atoms with E-state index in [0.717, 1.165) is 12.1 Å². The maximum absolute atomic E-state index is 13.1. The fourth-order valence-corrected chi connectivity index (χ4v) is 3.32. The number of rotatable bonds is 2. The van der Waals surface area contributed by atoms with E-state index in [-0.39, 0.29) is 12.2 Å². The van der Waals surface area contributed by atoms with Gasteiger partial charge in [-0.05, 0) is 46.5 Å². The highest BCUT2D eigenvalue weighted by atomic mass is 35.5. The van der Waals surface area contributed by atoms with Crippen LogP contribution in [0, 0.1) is 0 Å². The van der Waals surface area contributed by atoms with Crippen molar-refractivity contribution in [1.82, 2.24) is 0 Å². The number of carbonyl (C=O) groups excluding carboxylic acids is 1. The lowest BCUT2D eigenvalue weighted by molar-refractivity contribution is -0.137. The van der Waals surface area contributed by atoms with Gasteiger partial charge >= 0.3 is 6.18 Å². The molecule has 0 aliphatic rings. The summed E-state index contributed by atoms with van der Waals surface area (Å²) in [6.45, 7) is 1.70. The Bertz CT molecular complexity index is 978. The Morgan fingerprint density at radius 1 is 0.958 bits per heavy atom. The van der Waals surface area contributed by atoms with Crippen LogP contribution in [0.3, 0.4) is 0 Å². The maximum atomic E-state index is 13.1. The van der Waals surface area contributed by atoms with Crippen molar-refractivity contribution >= 4 is 50.5 Å². The van der Waals surface area contributed by atoms with Crippen molar-refractivity contribution in [3.05, 3.63) is 57.6 Å². The number of carbonyl (C=O) groups is 1. The van der Waals surface area contributed by atoms with E-state index < -0.39 is 11.7 Å². The van der Waals surface area contributed by atoms with Crippen LogP contribution < -0.4 is 0 Å². The summed E-state index contributed by atoms with van der Waals surface area (Å²) < 4.78 is 39.2. The topological polar surface area (TPSA) is 17.1 Å². The first-order valence-electron chi connectivity index (χ1n) is 7.18. The van der Waals surface area contributed by atoms with Gasteiger partial charge in [-0.2, -0.15) is 13.2 Å². The van der Waals surface area contributed by atoms with E-state index in [1.165, 1.54) is 12.1 Å². The number of halogens is 5. The molecule has 0 atom stereocenters. The molecule has 0 amide bonds. The molecule has 6 heteroatoms. The highest BCUT2D eigenvalue weighted by Crippen LogP contribution is 2.38. The Morgan fingerprint density at radius 3 is 2.25 bits per heavy atom. The van der Waals surface area contributed by atoms with Crippen molar-refractivity contribution in [1.29, 1.82) is 0 Å². The predicted octanol–water partition coefficient (Wildman–Crippen LogP) is 6.91. The van der Waals surface area contributed by atoms with Gasteiger partial charge in [-0.25, -0.2) is 0 Å². The minimum Gasteiger partial charge on any atom is -0.294 e. The lowest BCUT2D eigenvalue weighted by Crippen LogP contribution is -2.05. The van der Waals surface area contributed by atoms with Crippen molar-refractivity contribution < 1.29 is 18.0 Å². The highest BCUT2D eigenvalue weighted by molar-refractivity contribution is 6.40. The van der Waals surface area contributed by atoms with Crippen LogP contribution in [0.2, 0.25) is 10.0 Å². The summed E-state index contributed by atoms with van der Waals surface area (Å²) in [5.41, 5.74) is -0.425. The summed E-state index contributed by atoms with van der Waals surface area (Å²) in [5.74, 6) is -0.160. The molecule has 0 aromatic heterocycles.